The average molecular weight is 366 g/mol. The molecule has 7 nitrogen and oxygen atoms in total. The number of rotatable bonds is 4. The van der Waals surface area contributed by atoms with Crippen molar-refractivity contribution in [2.45, 2.75) is 24.7 Å². The summed E-state index contributed by atoms with van der Waals surface area (Å²) in [5, 5.41) is 3.38. The highest BCUT2D eigenvalue weighted by molar-refractivity contribution is 5.76. The molecule has 2 aliphatic rings. The number of ether oxygens (including phenoxy) is 3. The van der Waals surface area contributed by atoms with Gasteiger partial charge in [-0.1, -0.05) is 18.2 Å². The van der Waals surface area contributed by atoms with E-state index in [1.807, 2.05) is 47.0 Å². The van der Waals surface area contributed by atoms with Gasteiger partial charge in [-0.3, -0.25) is 4.57 Å². The summed E-state index contributed by atoms with van der Waals surface area (Å²) in [7, 11) is 0. The van der Waals surface area contributed by atoms with E-state index < -0.39 is 5.79 Å². The molecule has 0 amide bonds. The second kappa shape index (κ2) is 6.92. The van der Waals surface area contributed by atoms with Crippen molar-refractivity contribution in [3.8, 4) is 5.82 Å². The Bertz CT molecular complexity index is 936. The van der Waals surface area contributed by atoms with Gasteiger partial charge in [0.2, 0.25) is 0 Å². The predicted molar refractivity (Wildman–Crippen MR) is 101 cm³/mol. The summed E-state index contributed by atoms with van der Waals surface area (Å²) in [6, 6.07) is 14.0. The van der Waals surface area contributed by atoms with E-state index in [4.69, 9.17) is 19.2 Å². The molecule has 0 radical (unpaired) electrons. The van der Waals surface area contributed by atoms with E-state index in [2.05, 4.69) is 10.3 Å². The summed E-state index contributed by atoms with van der Waals surface area (Å²) in [5.74, 6) is 1.19. The Labute approximate surface area is 157 Å². The monoisotopic (exact) mass is 366 g/mol. The van der Waals surface area contributed by atoms with Crippen LogP contribution in [0.1, 0.15) is 12.8 Å². The zero-order valence-electron chi connectivity index (χ0n) is 15.0. The van der Waals surface area contributed by atoms with Crippen LogP contribution >= 0.6 is 0 Å². The Morgan fingerprint density at radius 1 is 1.11 bits per heavy atom. The van der Waals surface area contributed by atoms with Crippen molar-refractivity contribution in [2.24, 2.45) is 0 Å². The molecule has 2 saturated heterocycles. The molecule has 1 spiro atoms. The molecular weight excluding hydrogens is 344 g/mol. The number of fused-ring (bicyclic) bond motifs is 1. The number of nitrogens with one attached hydrogen (secondary N) is 1. The van der Waals surface area contributed by atoms with E-state index in [0.717, 1.165) is 35.5 Å². The molecule has 3 aromatic rings. The summed E-state index contributed by atoms with van der Waals surface area (Å²) in [6.45, 7) is 2.65. The van der Waals surface area contributed by atoms with Gasteiger partial charge >= 0.3 is 0 Å². The molecule has 1 unspecified atom stereocenters. The van der Waals surface area contributed by atoms with Gasteiger partial charge in [-0.05, 0) is 24.3 Å². The van der Waals surface area contributed by atoms with Crippen LogP contribution in [0.15, 0.2) is 48.8 Å². The molecule has 0 aliphatic carbocycles. The number of nitrogens with zero attached hydrogens (tertiary/aromatic N) is 3. The molecule has 7 heteroatoms. The van der Waals surface area contributed by atoms with Crippen molar-refractivity contribution in [3.63, 3.8) is 0 Å². The van der Waals surface area contributed by atoms with Gasteiger partial charge in [0.25, 0.3) is 0 Å². The van der Waals surface area contributed by atoms with E-state index >= 15 is 0 Å². The first-order chi connectivity index (χ1) is 13.3. The SMILES string of the molecule is c1cc(NCC2COC3(CCOCC3)O2)nc(-n2cnc3ccccc32)c1. The second-order valence-electron chi connectivity index (χ2n) is 6.94. The maximum atomic E-state index is 6.16. The van der Waals surface area contributed by atoms with E-state index in [0.29, 0.717) is 26.4 Å². The van der Waals surface area contributed by atoms with Crippen molar-refractivity contribution in [1.29, 1.82) is 0 Å². The minimum absolute atomic E-state index is 0.0163. The second-order valence-corrected chi connectivity index (χ2v) is 6.94. The van der Waals surface area contributed by atoms with Gasteiger partial charge in [-0.25, -0.2) is 9.97 Å². The third-order valence-electron chi connectivity index (χ3n) is 5.11. The number of hydrogen-bond acceptors (Lipinski definition) is 6. The minimum atomic E-state index is -0.449. The Hall–Kier alpha value is -2.48. The van der Waals surface area contributed by atoms with Crippen molar-refractivity contribution in [3.05, 3.63) is 48.8 Å². The van der Waals surface area contributed by atoms with E-state index in [-0.39, 0.29) is 6.10 Å². The summed E-state index contributed by atoms with van der Waals surface area (Å²) < 4.78 is 19.5. The number of hydrogen-bond donors (Lipinski definition) is 1. The van der Waals surface area contributed by atoms with Crippen LogP contribution in [0.25, 0.3) is 16.9 Å². The molecule has 0 saturated carbocycles. The van der Waals surface area contributed by atoms with Gasteiger partial charge in [0, 0.05) is 19.4 Å². The molecule has 5 rings (SSSR count). The predicted octanol–water partition coefficient (Wildman–Crippen LogP) is 2.75. The smallest absolute Gasteiger partial charge is 0.173 e. The quantitative estimate of drug-likeness (QED) is 0.766. The van der Waals surface area contributed by atoms with Gasteiger partial charge in [0.05, 0.1) is 30.9 Å². The van der Waals surface area contributed by atoms with Gasteiger partial charge in [0.1, 0.15) is 24.1 Å². The number of imidazole rings is 1. The van der Waals surface area contributed by atoms with Gasteiger partial charge in [0.15, 0.2) is 5.79 Å². The van der Waals surface area contributed by atoms with E-state index in [1.54, 1.807) is 6.33 Å². The molecule has 2 aromatic heterocycles. The molecule has 0 bridgehead atoms. The van der Waals surface area contributed by atoms with E-state index in [1.165, 1.54) is 0 Å². The first kappa shape index (κ1) is 16.7. The molecule has 4 heterocycles. The molecule has 27 heavy (non-hydrogen) atoms. The third-order valence-corrected chi connectivity index (χ3v) is 5.11. The lowest BCUT2D eigenvalue weighted by Crippen LogP contribution is -2.38. The van der Waals surface area contributed by atoms with Crippen LogP contribution in [0.3, 0.4) is 0 Å². The van der Waals surface area contributed by atoms with Crippen LogP contribution in [0, 0.1) is 0 Å². The van der Waals surface area contributed by atoms with Crippen molar-refractivity contribution in [2.75, 3.05) is 31.7 Å². The first-order valence-corrected chi connectivity index (χ1v) is 9.34. The van der Waals surface area contributed by atoms with Crippen LogP contribution in [-0.4, -0.2) is 52.8 Å². The van der Waals surface area contributed by atoms with Crippen molar-refractivity contribution >= 4 is 16.9 Å². The highest BCUT2D eigenvalue weighted by Crippen LogP contribution is 2.33. The molecular formula is C20H22N4O3. The largest absolute Gasteiger partial charge is 0.381 e. The van der Waals surface area contributed by atoms with Crippen LogP contribution in [0.4, 0.5) is 5.82 Å². The molecule has 1 aromatic carbocycles. The minimum Gasteiger partial charge on any atom is -0.381 e. The number of aromatic nitrogens is 3. The van der Waals surface area contributed by atoms with Gasteiger partial charge in [-0.15, -0.1) is 0 Å². The lowest BCUT2D eigenvalue weighted by molar-refractivity contribution is -0.209. The topological polar surface area (TPSA) is 70.4 Å². The Morgan fingerprint density at radius 3 is 2.93 bits per heavy atom. The molecule has 140 valence electrons. The number of para-hydroxylation sites is 2. The fourth-order valence-corrected chi connectivity index (χ4v) is 3.68. The maximum absolute atomic E-state index is 6.16. The fourth-order valence-electron chi connectivity index (χ4n) is 3.68. The van der Waals surface area contributed by atoms with E-state index in [9.17, 15) is 0 Å². The highest BCUT2D eigenvalue weighted by Gasteiger charge is 2.42. The Balaban J connectivity index is 1.28. The Kier molecular flexibility index (Phi) is 4.27. The fraction of sp³-hybridized carbons (Fsp3) is 0.400. The summed E-state index contributed by atoms with van der Waals surface area (Å²) >= 11 is 0. The average Bonchev–Trinajstić information content (AvgIpc) is 3.32. The Morgan fingerprint density at radius 2 is 2.00 bits per heavy atom. The lowest BCUT2D eigenvalue weighted by atomic mass is 10.1. The summed E-state index contributed by atoms with van der Waals surface area (Å²) in [6.07, 6.45) is 3.41. The zero-order valence-corrected chi connectivity index (χ0v) is 15.0. The standard InChI is InChI=1S/C20H22N4O3/c1-2-5-17-16(4-1)22-14-24(17)19-7-3-6-18(23-19)21-12-15-13-26-20(27-15)8-10-25-11-9-20/h1-7,14-15H,8-13H2,(H,21,23). The summed E-state index contributed by atoms with van der Waals surface area (Å²) in [4.78, 5) is 9.16. The van der Waals surface area contributed by atoms with Gasteiger partial charge < -0.3 is 19.5 Å². The maximum Gasteiger partial charge on any atom is 0.173 e. The van der Waals surface area contributed by atoms with Gasteiger partial charge in [-0.2, -0.15) is 0 Å². The van der Waals surface area contributed by atoms with Crippen molar-refractivity contribution < 1.29 is 14.2 Å². The molecule has 2 fully saturated rings. The number of benzene rings is 1. The molecule has 1 N–H and O–H groups in total. The van der Waals surface area contributed by atoms with Crippen LogP contribution in [0.2, 0.25) is 0 Å². The van der Waals surface area contributed by atoms with Crippen LogP contribution in [-0.2, 0) is 14.2 Å². The number of anilines is 1. The van der Waals surface area contributed by atoms with Crippen LogP contribution < -0.4 is 5.32 Å². The molecule has 1 atom stereocenters. The highest BCUT2D eigenvalue weighted by atomic mass is 16.7. The number of pyridine rings is 1. The summed E-state index contributed by atoms with van der Waals surface area (Å²) in [5.41, 5.74) is 1.99. The third kappa shape index (κ3) is 3.29. The zero-order chi connectivity index (χ0) is 18.1. The lowest BCUT2D eigenvalue weighted by Gasteiger charge is -2.31. The van der Waals surface area contributed by atoms with Crippen LogP contribution in [0.5, 0.6) is 0 Å². The van der Waals surface area contributed by atoms with Crippen molar-refractivity contribution in [1.82, 2.24) is 14.5 Å². The normalized spacial score (nSPS) is 21.7. The molecule has 2 aliphatic heterocycles. The first-order valence-electron chi connectivity index (χ1n) is 9.34.